The number of benzene rings is 1. The van der Waals surface area contributed by atoms with Gasteiger partial charge < -0.3 is 9.80 Å². The zero-order valence-corrected chi connectivity index (χ0v) is 14.0. The van der Waals surface area contributed by atoms with Gasteiger partial charge in [-0.15, -0.1) is 0 Å². The molecule has 1 fully saturated rings. The maximum Gasteiger partial charge on any atom is 0.246 e. The van der Waals surface area contributed by atoms with Crippen LogP contribution in [-0.4, -0.2) is 67.4 Å². The first-order valence-corrected chi connectivity index (χ1v) is 7.93. The molecular weight excluding hydrogens is 274 g/mol. The predicted octanol–water partition coefficient (Wildman–Crippen LogP) is 1.76. The molecule has 0 aliphatic carbocycles. The van der Waals surface area contributed by atoms with Crippen molar-refractivity contribution in [3.8, 4) is 0 Å². The fourth-order valence-corrected chi connectivity index (χ4v) is 2.62. The molecule has 0 radical (unpaired) electrons. The molecule has 0 unspecified atom stereocenters. The van der Waals surface area contributed by atoms with Crippen LogP contribution in [0.25, 0.3) is 0 Å². The lowest BCUT2D eigenvalue weighted by molar-refractivity contribution is -0.127. The van der Waals surface area contributed by atoms with Crippen molar-refractivity contribution in [1.29, 1.82) is 0 Å². The summed E-state index contributed by atoms with van der Waals surface area (Å²) in [6, 6.07) is 8.52. The molecule has 0 aromatic heterocycles. The number of nitrogens with zero attached hydrogens (tertiary/aromatic N) is 3. The van der Waals surface area contributed by atoms with Crippen molar-refractivity contribution in [1.82, 2.24) is 14.7 Å². The monoisotopic (exact) mass is 301 g/mol. The largest absolute Gasteiger partial charge is 0.337 e. The molecule has 0 bridgehead atoms. The molecule has 120 valence electrons. The van der Waals surface area contributed by atoms with Crippen molar-refractivity contribution in [2.75, 3.05) is 46.8 Å². The Kier molecular flexibility index (Phi) is 6.16. The van der Waals surface area contributed by atoms with Crippen LogP contribution in [0.1, 0.15) is 11.1 Å². The van der Waals surface area contributed by atoms with E-state index >= 15 is 0 Å². The van der Waals surface area contributed by atoms with Gasteiger partial charge in [0, 0.05) is 45.3 Å². The van der Waals surface area contributed by atoms with E-state index in [1.165, 1.54) is 11.1 Å². The smallest absolute Gasteiger partial charge is 0.246 e. The lowest BCUT2D eigenvalue weighted by Crippen LogP contribution is -2.47. The van der Waals surface area contributed by atoms with Gasteiger partial charge in [0.15, 0.2) is 0 Å². The van der Waals surface area contributed by atoms with E-state index < -0.39 is 0 Å². The van der Waals surface area contributed by atoms with Crippen molar-refractivity contribution in [3.63, 3.8) is 0 Å². The zero-order valence-electron chi connectivity index (χ0n) is 14.0. The van der Waals surface area contributed by atoms with Gasteiger partial charge in [-0.05, 0) is 32.1 Å². The fourth-order valence-electron chi connectivity index (χ4n) is 2.62. The fraction of sp³-hybridized carbons (Fsp3) is 0.500. The van der Waals surface area contributed by atoms with Gasteiger partial charge in [0.2, 0.25) is 5.91 Å². The molecule has 1 aromatic carbocycles. The van der Waals surface area contributed by atoms with Crippen LogP contribution < -0.4 is 0 Å². The minimum absolute atomic E-state index is 0.136. The second-order valence-electron chi connectivity index (χ2n) is 6.19. The first-order valence-electron chi connectivity index (χ1n) is 7.93. The lowest BCUT2D eigenvalue weighted by Gasteiger charge is -2.34. The maximum absolute atomic E-state index is 12.1. The third-order valence-electron chi connectivity index (χ3n) is 4.07. The van der Waals surface area contributed by atoms with Gasteiger partial charge >= 0.3 is 0 Å². The minimum atomic E-state index is 0.136. The summed E-state index contributed by atoms with van der Waals surface area (Å²) >= 11 is 0. The van der Waals surface area contributed by atoms with Crippen molar-refractivity contribution >= 4 is 5.91 Å². The number of likely N-dealkylation sites (N-methyl/N-ethyl adjacent to an activating group) is 1. The standard InChI is InChI=1S/C18H27N3O/c1-16-7-4-5-8-17(16)15-20-11-13-21(14-12-20)18(22)9-6-10-19(2)3/h4-9H,10-15H2,1-3H3/b9-6+. The zero-order chi connectivity index (χ0) is 15.9. The predicted molar refractivity (Wildman–Crippen MR) is 90.7 cm³/mol. The van der Waals surface area contributed by atoms with E-state index in [0.29, 0.717) is 0 Å². The second kappa shape index (κ2) is 8.11. The molecule has 1 heterocycles. The lowest BCUT2D eigenvalue weighted by atomic mass is 10.1. The summed E-state index contributed by atoms with van der Waals surface area (Å²) in [5.74, 6) is 0.136. The SMILES string of the molecule is Cc1ccccc1CN1CCN(C(=O)/C=C/CN(C)C)CC1. The van der Waals surface area contributed by atoms with Crippen LogP contribution in [0.3, 0.4) is 0 Å². The van der Waals surface area contributed by atoms with E-state index in [2.05, 4.69) is 36.1 Å². The van der Waals surface area contributed by atoms with Crippen LogP contribution in [-0.2, 0) is 11.3 Å². The second-order valence-corrected chi connectivity index (χ2v) is 6.19. The molecule has 1 aliphatic heterocycles. The molecule has 0 spiro atoms. The van der Waals surface area contributed by atoms with Crippen molar-refractivity contribution in [3.05, 3.63) is 47.5 Å². The molecular formula is C18H27N3O. The van der Waals surface area contributed by atoms with Gasteiger partial charge in [0.25, 0.3) is 0 Å². The molecule has 1 aliphatic rings. The first-order chi connectivity index (χ1) is 10.6. The number of aryl methyl sites for hydroxylation is 1. The average Bonchev–Trinajstić information content (AvgIpc) is 2.50. The third-order valence-corrected chi connectivity index (χ3v) is 4.07. The van der Waals surface area contributed by atoms with Crippen LogP contribution >= 0.6 is 0 Å². The molecule has 0 atom stereocenters. The summed E-state index contributed by atoms with van der Waals surface area (Å²) in [6.45, 7) is 7.46. The van der Waals surface area contributed by atoms with E-state index in [9.17, 15) is 4.79 Å². The number of carbonyl (C=O) groups excluding carboxylic acids is 1. The van der Waals surface area contributed by atoms with E-state index in [4.69, 9.17) is 0 Å². The number of carbonyl (C=O) groups is 1. The Morgan fingerprint density at radius 3 is 2.50 bits per heavy atom. The van der Waals surface area contributed by atoms with Crippen LogP contribution in [0, 0.1) is 6.92 Å². The molecule has 1 aromatic rings. The van der Waals surface area contributed by atoms with Crippen molar-refractivity contribution in [2.24, 2.45) is 0 Å². The molecule has 1 saturated heterocycles. The Balaban J connectivity index is 1.79. The number of rotatable bonds is 5. The van der Waals surface area contributed by atoms with Crippen LogP contribution in [0.15, 0.2) is 36.4 Å². The van der Waals surface area contributed by atoms with E-state index in [0.717, 1.165) is 39.3 Å². The first kappa shape index (κ1) is 16.7. The Morgan fingerprint density at radius 2 is 1.86 bits per heavy atom. The van der Waals surface area contributed by atoms with Gasteiger partial charge in [-0.1, -0.05) is 30.3 Å². The summed E-state index contributed by atoms with van der Waals surface area (Å²) in [5.41, 5.74) is 2.72. The Labute approximate surface area is 134 Å². The normalized spacial score (nSPS) is 16.6. The van der Waals surface area contributed by atoms with E-state index in [-0.39, 0.29) is 5.91 Å². The number of piperazine rings is 1. The van der Waals surface area contributed by atoms with Gasteiger partial charge in [0.05, 0.1) is 0 Å². The molecule has 0 saturated carbocycles. The summed E-state index contributed by atoms with van der Waals surface area (Å²) in [5, 5.41) is 0. The number of hydrogen-bond donors (Lipinski definition) is 0. The molecule has 4 nitrogen and oxygen atoms in total. The third kappa shape index (κ3) is 4.97. The highest BCUT2D eigenvalue weighted by molar-refractivity contribution is 5.87. The van der Waals surface area contributed by atoms with E-state index in [1.54, 1.807) is 6.08 Å². The van der Waals surface area contributed by atoms with E-state index in [1.807, 2.05) is 30.0 Å². The molecule has 2 rings (SSSR count). The molecule has 22 heavy (non-hydrogen) atoms. The highest BCUT2D eigenvalue weighted by Gasteiger charge is 2.19. The van der Waals surface area contributed by atoms with Gasteiger partial charge in [-0.25, -0.2) is 0 Å². The Morgan fingerprint density at radius 1 is 1.18 bits per heavy atom. The maximum atomic E-state index is 12.1. The van der Waals surface area contributed by atoms with Gasteiger partial charge in [0.1, 0.15) is 0 Å². The quantitative estimate of drug-likeness (QED) is 0.775. The number of amides is 1. The summed E-state index contributed by atoms with van der Waals surface area (Å²) in [7, 11) is 4.00. The highest BCUT2D eigenvalue weighted by Crippen LogP contribution is 2.12. The summed E-state index contributed by atoms with van der Waals surface area (Å²) in [6.07, 6.45) is 3.64. The molecule has 0 N–H and O–H groups in total. The van der Waals surface area contributed by atoms with Crippen LogP contribution in [0.5, 0.6) is 0 Å². The average molecular weight is 301 g/mol. The van der Waals surface area contributed by atoms with Crippen molar-refractivity contribution < 1.29 is 4.79 Å². The topological polar surface area (TPSA) is 26.8 Å². The van der Waals surface area contributed by atoms with Gasteiger partial charge in [-0.2, -0.15) is 0 Å². The number of hydrogen-bond acceptors (Lipinski definition) is 3. The summed E-state index contributed by atoms with van der Waals surface area (Å²) < 4.78 is 0. The molecule has 4 heteroatoms. The van der Waals surface area contributed by atoms with Crippen LogP contribution in [0.4, 0.5) is 0 Å². The molecule has 1 amide bonds. The summed E-state index contributed by atoms with van der Waals surface area (Å²) in [4.78, 5) is 18.5. The van der Waals surface area contributed by atoms with Crippen molar-refractivity contribution in [2.45, 2.75) is 13.5 Å². The minimum Gasteiger partial charge on any atom is -0.337 e. The van der Waals surface area contributed by atoms with Gasteiger partial charge in [-0.3, -0.25) is 9.69 Å². The highest BCUT2D eigenvalue weighted by atomic mass is 16.2. The van der Waals surface area contributed by atoms with Crippen LogP contribution in [0.2, 0.25) is 0 Å². The Hall–Kier alpha value is -1.65. The Bertz CT molecular complexity index is 517.